The molecule has 0 aliphatic rings. The minimum absolute atomic E-state index is 0.307. The number of nitrogens with zero attached hydrogens (tertiary/aromatic N) is 1. The van der Waals surface area contributed by atoms with Gasteiger partial charge in [0.2, 0.25) is 0 Å². The maximum Gasteiger partial charge on any atom is 0.116 e. The predicted molar refractivity (Wildman–Crippen MR) is 69.3 cm³/mol. The van der Waals surface area contributed by atoms with Gasteiger partial charge < -0.3 is 14.4 Å². The summed E-state index contributed by atoms with van der Waals surface area (Å²) in [6, 6.07) is 7.95. The van der Waals surface area contributed by atoms with Gasteiger partial charge in [0, 0.05) is 29.2 Å². The monoisotopic (exact) mass is 233 g/mol. The van der Waals surface area contributed by atoms with Crippen molar-refractivity contribution in [2.75, 3.05) is 6.61 Å². The second-order valence-corrected chi connectivity index (χ2v) is 4.48. The molecule has 0 bridgehead atoms. The molecule has 1 aromatic carbocycles. The van der Waals surface area contributed by atoms with E-state index in [-0.39, 0.29) is 0 Å². The smallest absolute Gasteiger partial charge is 0.116 e. The Labute approximate surface area is 102 Å². The van der Waals surface area contributed by atoms with Gasteiger partial charge in [-0.05, 0) is 45.0 Å². The van der Waals surface area contributed by atoms with Crippen molar-refractivity contribution in [3.05, 3.63) is 30.0 Å². The van der Waals surface area contributed by atoms with Crippen LogP contribution in [0.15, 0.2) is 24.3 Å². The molecule has 0 amide bonds. The van der Waals surface area contributed by atoms with Crippen LogP contribution in [-0.4, -0.2) is 16.3 Å². The molecule has 0 atom stereocenters. The van der Waals surface area contributed by atoms with E-state index in [0.717, 1.165) is 16.6 Å². The lowest BCUT2D eigenvalue weighted by Crippen LogP contribution is -2.06. The Morgan fingerprint density at radius 3 is 2.71 bits per heavy atom. The van der Waals surface area contributed by atoms with Gasteiger partial charge in [-0.25, -0.2) is 0 Å². The molecule has 2 rings (SSSR count). The van der Waals surface area contributed by atoms with Gasteiger partial charge in [-0.15, -0.1) is 0 Å². The number of aromatic hydroxyl groups is 1. The fraction of sp³-hybridized carbons (Fsp3) is 0.429. The molecule has 92 valence electrons. The number of hydrogen-bond acceptors (Lipinski definition) is 2. The average molecular weight is 233 g/mol. The van der Waals surface area contributed by atoms with Crippen molar-refractivity contribution in [1.82, 2.24) is 4.57 Å². The molecule has 3 heteroatoms. The molecule has 0 fully saturated rings. The van der Waals surface area contributed by atoms with Crippen LogP contribution in [0, 0.1) is 0 Å². The average Bonchev–Trinajstić information content (AvgIpc) is 2.63. The predicted octanol–water partition coefficient (Wildman–Crippen LogP) is 3.46. The molecule has 0 unspecified atom stereocenters. The van der Waals surface area contributed by atoms with E-state index in [1.54, 1.807) is 12.1 Å². The van der Waals surface area contributed by atoms with Crippen molar-refractivity contribution < 1.29 is 9.84 Å². The molecule has 1 N–H and O–H groups in total. The molecule has 1 heterocycles. The maximum absolute atomic E-state index is 9.50. The van der Waals surface area contributed by atoms with Crippen LogP contribution in [0.3, 0.4) is 0 Å². The van der Waals surface area contributed by atoms with Crippen molar-refractivity contribution in [3.8, 4) is 5.75 Å². The van der Waals surface area contributed by atoms with Crippen LogP contribution >= 0.6 is 0 Å². The normalized spacial score (nSPS) is 11.5. The number of ether oxygens (including phenoxy) is 1. The number of fused-ring (bicyclic) bond motifs is 1. The Morgan fingerprint density at radius 1 is 1.29 bits per heavy atom. The SMILES string of the molecule is CCOCc1cc2cc(O)ccc2n1C(C)C. The van der Waals surface area contributed by atoms with E-state index in [1.165, 1.54) is 0 Å². The van der Waals surface area contributed by atoms with Crippen LogP contribution in [0.25, 0.3) is 10.9 Å². The highest BCUT2D eigenvalue weighted by molar-refractivity contribution is 5.83. The number of phenols is 1. The third kappa shape index (κ3) is 2.29. The summed E-state index contributed by atoms with van der Waals surface area (Å²) in [5.41, 5.74) is 2.30. The van der Waals surface area contributed by atoms with Gasteiger partial charge in [0.25, 0.3) is 0 Å². The van der Waals surface area contributed by atoms with Gasteiger partial charge in [-0.3, -0.25) is 0 Å². The first-order valence-corrected chi connectivity index (χ1v) is 6.04. The molecule has 0 spiro atoms. The van der Waals surface area contributed by atoms with Gasteiger partial charge >= 0.3 is 0 Å². The third-order valence-corrected chi connectivity index (χ3v) is 2.87. The highest BCUT2D eigenvalue weighted by Crippen LogP contribution is 2.27. The summed E-state index contributed by atoms with van der Waals surface area (Å²) in [6.07, 6.45) is 0. The first-order valence-electron chi connectivity index (χ1n) is 6.04. The number of rotatable bonds is 4. The van der Waals surface area contributed by atoms with E-state index >= 15 is 0 Å². The fourth-order valence-corrected chi connectivity index (χ4v) is 2.21. The van der Waals surface area contributed by atoms with Crippen molar-refractivity contribution in [3.63, 3.8) is 0 Å². The highest BCUT2D eigenvalue weighted by Gasteiger charge is 2.11. The number of aromatic nitrogens is 1. The minimum atomic E-state index is 0.307. The Morgan fingerprint density at radius 2 is 2.06 bits per heavy atom. The van der Waals surface area contributed by atoms with Crippen LogP contribution in [0.2, 0.25) is 0 Å². The lowest BCUT2D eigenvalue weighted by atomic mass is 10.2. The van der Waals surface area contributed by atoms with Gasteiger partial charge in [-0.2, -0.15) is 0 Å². The molecule has 0 saturated heterocycles. The van der Waals surface area contributed by atoms with Gasteiger partial charge in [0.1, 0.15) is 5.75 Å². The van der Waals surface area contributed by atoms with Crippen LogP contribution in [0.4, 0.5) is 0 Å². The van der Waals surface area contributed by atoms with E-state index in [2.05, 4.69) is 24.5 Å². The third-order valence-electron chi connectivity index (χ3n) is 2.87. The van der Waals surface area contributed by atoms with E-state index in [4.69, 9.17) is 4.74 Å². The van der Waals surface area contributed by atoms with Crippen molar-refractivity contribution in [1.29, 1.82) is 0 Å². The van der Waals surface area contributed by atoms with Gasteiger partial charge in [0.15, 0.2) is 0 Å². The summed E-state index contributed by atoms with van der Waals surface area (Å²) in [6.45, 7) is 7.63. The zero-order chi connectivity index (χ0) is 12.4. The molecule has 0 aliphatic carbocycles. The summed E-state index contributed by atoms with van der Waals surface area (Å²) < 4.78 is 7.74. The molecule has 0 saturated carbocycles. The molecule has 1 aromatic heterocycles. The van der Waals surface area contributed by atoms with Crippen LogP contribution < -0.4 is 0 Å². The van der Waals surface area contributed by atoms with Crippen molar-refractivity contribution >= 4 is 10.9 Å². The molecule has 0 radical (unpaired) electrons. The second-order valence-electron chi connectivity index (χ2n) is 4.48. The van der Waals surface area contributed by atoms with Crippen molar-refractivity contribution in [2.45, 2.75) is 33.4 Å². The van der Waals surface area contributed by atoms with E-state index in [1.807, 2.05) is 13.0 Å². The maximum atomic E-state index is 9.50. The zero-order valence-electron chi connectivity index (χ0n) is 10.6. The number of hydrogen-bond donors (Lipinski definition) is 1. The topological polar surface area (TPSA) is 34.4 Å². The minimum Gasteiger partial charge on any atom is -0.508 e. The summed E-state index contributed by atoms with van der Waals surface area (Å²) in [4.78, 5) is 0. The zero-order valence-corrected chi connectivity index (χ0v) is 10.6. The fourth-order valence-electron chi connectivity index (χ4n) is 2.21. The molecule has 0 aliphatic heterocycles. The van der Waals surface area contributed by atoms with Gasteiger partial charge in [0.05, 0.1) is 6.61 Å². The Bertz CT molecular complexity index is 514. The first-order chi connectivity index (χ1) is 8.13. The summed E-state index contributed by atoms with van der Waals surface area (Å²) >= 11 is 0. The molecular formula is C14H19NO2. The molecule has 17 heavy (non-hydrogen) atoms. The van der Waals surface area contributed by atoms with Crippen molar-refractivity contribution in [2.24, 2.45) is 0 Å². The lowest BCUT2D eigenvalue weighted by molar-refractivity contribution is 0.128. The number of benzene rings is 1. The van der Waals surface area contributed by atoms with E-state index in [9.17, 15) is 5.11 Å². The second kappa shape index (κ2) is 4.80. The first kappa shape index (κ1) is 12.0. The molecule has 3 nitrogen and oxygen atoms in total. The van der Waals surface area contributed by atoms with Crippen LogP contribution in [0.5, 0.6) is 5.75 Å². The number of phenolic OH excluding ortho intramolecular Hbond substituents is 1. The van der Waals surface area contributed by atoms with Crippen LogP contribution in [0.1, 0.15) is 32.5 Å². The molecular weight excluding hydrogens is 214 g/mol. The summed E-state index contributed by atoms with van der Waals surface area (Å²) in [5.74, 6) is 0.307. The van der Waals surface area contributed by atoms with Crippen LogP contribution in [-0.2, 0) is 11.3 Å². The Hall–Kier alpha value is -1.48. The summed E-state index contributed by atoms with van der Waals surface area (Å²) in [5, 5.41) is 10.6. The largest absolute Gasteiger partial charge is 0.508 e. The van der Waals surface area contributed by atoms with Gasteiger partial charge in [-0.1, -0.05) is 0 Å². The Kier molecular flexibility index (Phi) is 3.38. The van der Waals surface area contributed by atoms with E-state index in [0.29, 0.717) is 25.0 Å². The quantitative estimate of drug-likeness (QED) is 0.877. The molecule has 2 aromatic rings. The van der Waals surface area contributed by atoms with E-state index < -0.39 is 0 Å². The standard InChI is InChI=1S/C14H19NO2/c1-4-17-9-12-7-11-8-13(16)5-6-14(11)15(12)10(2)3/h5-8,10,16H,4,9H2,1-3H3. The lowest BCUT2D eigenvalue weighted by Gasteiger charge is -2.14. The summed E-state index contributed by atoms with van der Waals surface area (Å²) in [7, 11) is 0. The Balaban J connectivity index is 2.53. The highest BCUT2D eigenvalue weighted by atomic mass is 16.5.